The summed E-state index contributed by atoms with van der Waals surface area (Å²) in [5, 5.41) is 0. The van der Waals surface area contributed by atoms with Crippen LogP contribution in [-0.2, 0) is 6.42 Å². The lowest BCUT2D eigenvalue weighted by molar-refractivity contribution is 0.0741. The number of hydrogen-bond acceptors (Lipinski definition) is 5. The van der Waals surface area contributed by atoms with Crippen molar-refractivity contribution in [3.63, 3.8) is 0 Å². The molecule has 0 atom stereocenters. The first kappa shape index (κ1) is 14.6. The van der Waals surface area contributed by atoms with Crippen LogP contribution in [0.5, 0.6) is 0 Å². The van der Waals surface area contributed by atoms with Gasteiger partial charge in [-0.3, -0.25) is 4.79 Å². The van der Waals surface area contributed by atoms with Gasteiger partial charge in [0.15, 0.2) is 11.6 Å². The van der Waals surface area contributed by atoms with Gasteiger partial charge in [0, 0.05) is 44.8 Å². The van der Waals surface area contributed by atoms with Crippen LogP contribution in [-0.4, -0.2) is 48.5 Å². The maximum absolute atomic E-state index is 12.4. The van der Waals surface area contributed by atoms with Crippen LogP contribution >= 0.6 is 0 Å². The smallest absolute Gasteiger partial charge is 0.275 e. The molecule has 0 spiro atoms. The molecule has 2 N–H and O–H groups in total. The number of nitrogens with zero attached hydrogens (tertiary/aromatic N) is 3. The third kappa shape index (κ3) is 3.12. The molecule has 3 rings (SSSR count). The molecule has 2 heterocycles. The van der Waals surface area contributed by atoms with Gasteiger partial charge in [-0.2, -0.15) is 0 Å². The zero-order valence-electron chi connectivity index (χ0n) is 12.4. The van der Waals surface area contributed by atoms with E-state index in [1.54, 1.807) is 0 Å². The molecule has 0 bridgehead atoms. The number of para-hydroxylation sites is 1. The number of rotatable bonds is 4. The van der Waals surface area contributed by atoms with E-state index in [9.17, 15) is 4.79 Å². The highest BCUT2D eigenvalue weighted by atomic mass is 16.3. The molecule has 6 nitrogen and oxygen atoms in total. The van der Waals surface area contributed by atoms with Crippen LogP contribution in [0.4, 0.5) is 5.69 Å². The maximum Gasteiger partial charge on any atom is 0.275 e. The quantitative estimate of drug-likeness (QED) is 0.916. The van der Waals surface area contributed by atoms with Gasteiger partial charge < -0.3 is 20.0 Å². The van der Waals surface area contributed by atoms with E-state index in [1.165, 1.54) is 12.0 Å². The molecule has 1 amide bonds. The fourth-order valence-corrected chi connectivity index (χ4v) is 2.62. The van der Waals surface area contributed by atoms with E-state index in [0.29, 0.717) is 37.6 Å². The summed E-state index contributed by atoms with van der Waals surface area (Å²) >= 11 is 0. The highest BCUT2D eigenvalue weighted by Gasteiger charge is 2.24. The number of piperazine rings is 1. The van der Waals surface area contributed by atoms with Crippen LogP contribution in [0.25, 0.3) is 0 Å². The fourth-order valence-electron chi connectivity index (χ4n) is 2.62. The van der Waals surface area contributed by atoms with Crippen LogP contribution in [0.2, 0.25) is 0 Å². The van der Waals surface area contributed by atoms with Crippen molar-refractivity contribution in [3.8, 4) is 0 Å². The molecule has 0 saturated carbocycles. The molecule has 1 aliphatic heterocycles. The Morgan fingerprint density at radius 2 is 1.91 bits per heavy atom. The number of benzene rings is 1. The van der Waals surface area contributed by atoms with Crippen molar-refractivity contribution in [1.82, 2.24) is 9.88 Å². The van der Waals surface area contributed by atoms with Crippen LogP contribution in [0, 0.1) is 0 Å². The molecule has 0 radical (unpaired) electrons. The zero-order valence-corrected chi connectivity index (χ0v) is 12.4. The average Bonchev–Trinajstić information content (AvgIpc) is 3.04. The van der Waals surface area contributed by atoms with E-state index in [2.05, 4.69) is 22.0 Å². The summed E-state index contributed by atoms with van der Waals surface area (Å²) < 4.78 is 5.26. The minimum atomic E-state index is -0.0697. The van der Waals surface area contributed by atoms with Crippen molar-refractivity contribution in [2.24, 2.45) is 5.73 Å². The van der Waals surface area contributed by atoms with Gasteiger partial charge in [0.25, 0.3) is 5.91 Å². The summed E-state index contributed by atoms with van der Waals surface area (Å²) in [6.45, 7) is 3.48. The van der Waals surface area contributed by atoms with Gasteiger partial charge in [0.1, 0.15) is 6.26 Å². The molecule has 1 saturated heterocycles. The predicted molar refractivity (Wildman–Crippen MR) is 83.8 cm³/mol. The Morgan fingerprint density at radius 1 is 1.18 bits per heavy atom. The molecular weight excluding hydrogens is 280 g/mol. The molecule has 1 fully saturated rings. The minimum absolute atomic E-state index is 0.0697. The summed E-state index contributed by atoms with van der Waals surface area (Å²) in [5.41, 5.74) is 7.03. The van der Waals surface area contributed by atoms with E-state index in [1.807, 2.05) is 23.1 Å². The first-order valence-electron chi connectivity index (χ1n) is 7.51. The maximum atomic E-state index is 12.4. The van der Waals surface area contributed by atoms with Crippen molar-refractivity contribution in [2.75, 3.05) is 37.6 Å². The second kappa shape index (κ2) is 6.62. The van der Waals surface area contributed by atoms with Crippen LogP contribution in [0.15, 0.2) is 41.0 Å². The number of anilines is 1. The van der Waals surface area contributed by atoms with Gasteiger partial charge in [-0.25, -0.2) is 4.98 Å². The van der Waals surface area contributed by atoms with Crippen molar-refractivity contribution in [1.29, 1.82) is 0 Å². The zero-order chi connectivity index (χ0) is 15.4. The summed E-state index contributed by atoms with van der Waals surface area (Å²) in [6.07, 6.45) is 1.98. The number of oxazole rings is 1. The average molecular weight is 300 g/mol. The lowest BCUT2D eigenvalue weighted by Gasteiger charge is -2.35. The van der Waals surface area contributed by atoms with Crippen LogP contribution in [0.3, 0.4) is 0 Å². The van der Waals surface area contributed by atoms with Crippen molar-refractivity contribution in [3.05, 3.63) is 48.2 Å². The number of carbonyl (C=O) groups excluding carboxylic acids is 1. The van der Waals surface area contributed by atoms with Crippen molar-refractivity contribution in [2.45, 2.75) is 6.42 Å². The molecule has 1 aromatic carbocycles. The molecule has 1 aromatic heterocycles. The van der Waals surface area contributed by atoms with Gasteiger partial charge in [0.05, 0.1) is 0 Å². The minimum Gasteiger partial charge on any atom is -0.448 e. The number of carbonyl (C=O) groups is 1. The second-order valence-electron chi connectivity index (χ2n) is 5.28. The van der Waals surface area contributed by atoms with Crippen LogP contribution in [0.1, 0.15) is 16.4 Å². The third-order valence-electron chi connectivity index (χ3n) is 3.82. The molecule has 1 aliphatic rings. The standard InChI is InChI=1S/C16H20N4O2/c17-7-6-15-18-14(12-22-15)16(21)20-10-8-19(9-11-20)13-4-2-1-3-5-13/h1-5,12H,6-11,17H2. The summed E-state index contributed by atoms with van der Waals surface area (Å²) in [6, 6.07) is 10.2. The Balaban J connectivity index is 1.59. The number of amides is 1. The van der Waals surface area contributed by atoms with Gasteiger partial charge in [-0.05, 0) is 12.1 Å². The van der Waals surface area contributed by atoms with Gasteiger partial charge in [0.2, 0.25) is 0 Å². The topological polar surface area (TPSA) is 75.6 Å². The number of nitrogens with two attached hydrogens (primary N) is 1. The molecular formula is C16H20N4O2. The summed E-state index contributed by atoms with van der Waals surface area (Å²) in [5.74, 6) is 0.452. The lowest BCUT2D eigenvalue weighted by Crippen LogP contribution is -2.48. The van der Waals surface area contributed by atoms with Gasteiger partial charge >= 0.3 is 0 Å². The second-order valence-corrected chi connectivity index (χ2v) is 5.28. The molecule has 2 aromatic rings. The highest BCUT2D eigenvalue weighted by molar-refractivity contribution is 5.92. The van der Waals surface area contributed by atoms with E-state index in [4.69, 9.17) is 10.2 Å². The van der Waals surface area contributed by atoms with Gasteiger partial charge in [-0.1, -0.05) is 18.2 Å². The Hall–Kier alpha value is -2.34. The molecule has 0 unspecified atom stereocenters. The predicted octanol–water partition coefficient (Wildman–Crippen LogP) is 1.14. The Kier molecular flexibility index (Phi) is 4.39. The first-order valence-corrected chi connectivity index (χ1v) is 7.51. The number of hydrogen-bond donors (Lipinski definition) is 1. The van der Waals surface area contributed by atoms with Gasteiger partial charge in [-0.15, -0.1) is 0 Å². The molecule has 116 valence electrons. The fraction of sp³-hybridized carbons (Fsp3) is 0.375. The highest BCUT2D eigenvalue weighted by Crippen LogP contribution is 2.16. The normalized spacial score (nSPS) is 15.1. The Morgan fingerprint density at radius 3 is 2.59 bits per heavy atom. The van der Waals surface area contributed by atoms with Crippen LogP contribution < -0.4 is 10.6 Å². The first-order chi connectivity index (χ1) is 10.8. The molecule has 0 aliphatic carbocycles. The Labute approximate surface area is 129 Å². The summed E-state index contributed by atoms with van der Waals surface area (Å²) in [4.78, 5) is 20.7. The van der Waals surface area contributed by atoms with Crippen molar-refractivity contribution >= 4 is 11.6 Å². The summed E-state index contributed by atoms with van der Waals surface area (Å²) in [7, 11) is 0. The number of aromatic nitrogens is 1. The third-order valence-corrected chi connectivity index (χ3v) is 3.82. The SMILES string of the molecule is NCCc1nc(C(=O)N2CCN(c3ccccc3)CC2)co1. The van der Waals surface area contributed by atoms with Crippen molar-refractivity contribution < 1.29 is 9.21 Å². The lowest BCUT2D eigenvalue weighted by atomic mass is 10.2. The van der Waals surface area contributed by atoms with E-state index in [0.717, 1.165) is 13.1 Å². The van der Waals surface area contributed by atoms with E-state index >= 15 is 0 Å². The molecule has 22 heavy (non-hydrogen) atoms. The monoisotopic (exact) mass is 300 g/mol. The van der Waals surface area contributed by atoms with E-state index < -0.39 is 0 Å². The Bertz CT molecular complexity index is 618. The largest absolute Gasteiger partial charge is 0.448 e. The van der Waals surface area contributed by atoms with E-state index in [-0.39, 0.29) is 5.91 Å². The molecule has 6 heteroatoms.